The molecule has 2 rings (SSSR count). The van der Waals surface area contributed by atoms with Gasteiger partial charge in [0, 0.05) is 3.57 Å². The number of para-hydroxylation sites is 1. The highest BCUT2D eigenvalue weighted by atomic mass is 127. The fourth-order valence-electron chi connectivity index (χ4n) is 1.36. The molecule has 0 atom stereocenters. The van der Waals surface area contributed by atoms with Crippen molar-refractivity contribution in [3.8, 4) is 6.07 Å². The lowest BCUT2D eigenvalue weighted by molar-refractivity contribution is -0.116. The first kappa shape index (κ1) is 12.5. The summed E-state index contributed by atoms with van der Waals surface area (Å²) in [6.45, 7) is 0.0147. The number of rotatable bonds is 3. The molecule has 0 spiro atoms. The summed E-state index contributed by atoms with van der Waals surface area (Å²) in [4.78, 5) is 11.8. The van der Waals surface area contributed by atoms with Gasteiger partial charge < -0.3 is 5.32 Å². The lowest BCUT2D eigenvalue weighted by atomic mass is 10.3. The number of carbonyl (C=O) groups excluding carboxylic acids is 1. The van der Waals surface area contributed by atoms with Crippen LogP contribution in [-0.4, -0.2) is 20.7 Å². The normalized spacial score (nSPS) is 9.78. The number of hydrogen-bond donors (Lipinski definition) is 1. The van der Waals surface area contributed by atoms with Crippen LogP contribution < -0.4 is 5.32 Å². The molecule has 1 aromatic carbocycles. The van der Waals surface area contributed by atoms with Crippen molar-refractivity contribution >= 4 is 34.2 Å². The highest BCUT2D eigenvalue weighted by Gasteiger charge is 2.09. The van der Waals surface area contributed by atoms with Gasteiger partial charge in [0.2, 0.25) is 11.7 Å². The summed E-state index contributed by atoms with van der Waals surface area (Å²) in [7, 11) is 0. The van der Waals surface area contributed by atoms with Gasteiger partial charge in [-0.15, -0.1) is 10.2 Å². The minimum Gasteiger partial charge on any atom is -0.324 e. The molecular formula is C11H8IN5O. The van der Waals surface area contributed by atoms with Crippen LogP contribution in [0.5, 0.6) is 0 Å². The summed E-state index contributed by atoms with van der Waals surface area (Å²) in [6, 6.07) is 9.32. The molecule has 1 heterocycles. The zero-order valence-electron chi connectivity index (χ0n) is 9.17. The number of nitriles is 1. The van der Waals surface area contributed by atoms with E-state index in [1.165, 1.54) is 10.9 Å². The van der Waals surface area contributed by atoms with Crippen molar-refractivity contribution in [3.63, 3.8) is 0 Å². The SMILES string of the molecule is N#Cc1nncn1CC(=O)Nc1ccccc1I. The fourth-order valence-corrected chi connectivity index (χ4v) is 1.89. The largest absolute Gasteiger partial charge is 0.324 e. The average molecular weight is 353 g/mol. The molecule has 1 N–H and O–H groups in total. The van der Waals surface area contributed by atoms with Gasteiger partial charge in [0.25, 0.3) is 0 Å². The Morgan fingerprint density at radius 1 is 1.50 bits per heavy atom. The Morgan fingerprint density at radius 3 is 3.00 bits per heavy atom. The topological polar surface area (TPSA) is 83.6 Å². The van der Waals surface area contributed by atoms with E-state index < -0.39 is 0 Å². The minimum absolute atomic E-state index is 0.0147. The Labute approximate surface area is 117 Å². The summed E-state index contributed by atoms with van der Waals surface area (Å²) in [5.74, 6) is -0.108. The first-order chi connectivity index (χ1) is 8.70. The summed E-state index contributed by atoms with van der Waals surface area (Å²) in [5, 5.41) is 18.7. The van der Waals surface area contributed by atoms with Crippen LogP contribution in [-0.2, 0) is 11.3 Å². The molecule has 0 fully saturated rings. The number of halogens is 1. The van der Waals surface area contributed by atoms with Gasteiger partial charge in [0.05, 0.1) is 5.69 Å². The van der Waals surface area contributed by atoms with Gasteiger partial charge in [-0.25, -0.2) is 0 Å². The number of anilines is 1. The summed E-state index contributed by atoms with van der Waals surface area (Å²) in [6.07, 6.45) is 1.36. The van der Waals surface area contributed by atoms with E-state index in [4.69, 9.17) is 5.26 Å². The van der Waals surface area contributed by atoms with Crippen molar-refractivity contribution in [2.24, 2.45) is 0 Å². The van der Waals surface area contributed by atoms with Crippen LogP contribution in [0.15, 0.2) is 30.6 Å². The maximum absolute atomic E-state index is 11.8. The Kier molecular flexibility index (Phi) is 3.88. The van der Waals surface area contributed by atoms with Crippen molar-refractivity contribution in [3.05, 3.63) is 40.0 Å². The number of benzene rings is 1. The second kappa shape index (κ2) is 5.59. The molecule has 18 heavy (non-hydrogen) atoms. The molecule has 0 bridgehead atoms. The molecular weight excluding hydrogens is 345 g/mol. The molecule has 0 aliphatic rings. The number of amides is 1. The highest BCUT2D eigenvalue weighted by Crippen LogP contribution is 2.16. The van der Waals surface area contributed by atoms with Crippen molar-refractivity contribution in [1.82, 2.24) is 14.8 Å². The van der Waals surface area contributed by atoms with Crippen LogP contribution in [0.25, 0.3) is 0 Å². The molecule has 1 amide bonds. The molecule has 0 radical (unpaired) electrons. The van der Waals surface area contributed by atoms with Crippen LogP contribution in [0.1, 0.15) is 5.82 Å². The third-order valence-electron chi connectivity index (χ3n) is 2.18. The molecule has 0 saturated heterocycles. The standard InChI is InChI=1S/C11H8IN5O/c12-8-3-1-2-4-9(8)15-11(18)6-17-7-14-16-10(17)5-13/h1-4,7H,6H2,(H,15,18). The maximum Gasteiger partial charge on any atom is 0.244 e. The molecule has 1 aromatic heterocycles. The van der Waals surface area contributed by atoms with Crippen LogP contribution in [0.2, 0.25) is 0 Å². The van der Waals surface area contributed by atoms with E-state index >= 15 is 0 Å². The third-order valence-corrected chi connectivity index (χ3v) is 3.12. The van der Waals surface area contributed by atoms with E-state index in [1.807, 2.05) is 30.3 Å². The maximum atomic E-state index is 11.8. The van der Waals surface area contributed by atoms with Crippen LogP contribution in [0.4, 0.5) is 5.69 Å². The number of nitrogens with zero attached hydrogens (tertiary/aromatic N) is 4. The second-order valence-corrected chi connectivity index (χ2v) is 4.58. The number of aromatic nitrogens is 3. The predicted molar refractivity (Wildman–Crippen MR) is 72.5 cm³/mol. The molecule has 0 aliphatic heterocycles. The second-order valence-electron chi connectivity index (χ2n) is 3.42. The van der Waals surface area contributed by atoms with E-state index in [2.05, 4.69) is 38.1 Å². The van der Waals surface area contributed by atoms with E-state index in [0.717, 1.165) is 9.26 Å². The molecule has 2 aromatic rings. The quantitative estimate of drug-likeness (QED) is 0.846. The van der Waals surface area contributed by atoms with Gasteiger partial charge in [-0.1, -0.05) is 12.1 Å². The highest BCUT2D eigenvalue weighted by molar-refractivity contribution is 14.1. The first-order valence-electron chi connectivity index (χ1n) is 5.03. The lowest BCUT2D eigenvalue weighted by Gasteiger charge is -2.07. The number of carbonyl (C=O) groups is 1. The average Bonchev–Trinajstić information content (AvgIpc) is 2.79. The van der Waals surface area contributed by atoms with Gasteiger partial charge in [-0.05, 0) is 34.7 Å². The molecule has 0 aliphatic carbocycles. The molecule has 0 unspecified atom stereocenters. The van der Waals surface area contributed by atoms with Crippen LogP contribution in [0.3, 0.4) is 0 Å². The van der Waals surface area contributed by atoms with E-state index in [1.54, 1.807) is 0 Å². The summed E-state index contributed by atoms with van der Waals surface area (Å²) < 4.78 is 2.35. The van der Waals surface area contributed by atoms with Crippen molar-refractivity contribution < 1.29 is 4.79 Å². The van der Waals surface area contributed by atoms with Gasteiger partial charge in [-0.2, -0.15) is 5.26 Å². The smallest absolute Gasteiger partial charge is 0.244 e. The third kappa shape index (κ3) is 2.84. The van der Waals surface area contributed by atoms with Gasteiger partial charge in [0.15, 0.2) is 0 Å². The van der Waals surface area contributed by atoms with Crippen LogP contribution in [0, 0.1) is 14.9 Å². The van der Waals surface area contributed by atoms with Crippen molar-refractivity contribution in [1.29, 1.82) is 5.26 Å². The minimum atomic E-state index is -0.226. The summed E-state index contributed by atoms with van der Waals surface area (Å²) in [5.41, 5.74) is 0.745. The van der Waals surface area contributed by atoms with Crippen molar-refractivity contribution in [2.75, 3.05) is 5.32 Å². The summed E-state index contributed by atoms with van der Waals surface area (Å²) >= 11 is 2.14. The van der Waals surface area contributed by atoms with Gasteiger partial charge in [0.1, 0.15) is 18.9 Å². The van der Waals surface area contributed by atoms with E-state index in [9.17, 15) is 4.79 Å². The Balaban J connectivity index is 2.06. The van der Waals surface area contributed by atoms with E-state index in [0.29, 0.717) is 0 Å². The van der Waals surface area contributed by atoms with Gasteiger partial charge >= 0.3 is 0 Å². The Hall–Kier alpha value is -1.95. The zero-order valence-corrected chi connectivity index (χ0v) is 11.3. The zero-order chi connectivity index (χ0) is 13.0. The molecule has 90 valence electrons. The Morgan fingerprint density at radius 2 is 2.28 bits per heavy atom. The first-order valence-corrected chi connectivity index (χ1v) is 6.11. The molecule has 0 saturated carbocycles. The number of hydrogen-bond acceptors (Lipinski definition) is 4. The van der Waals surface area contributed by atoms with Crippen molar-refractivity contribution in [2.45, 2.75) is 6.54 Å². The monoisotopic (exact) mass is 353 g/mol. The Bertz CT molecular complexity index is 610. The van der Waals surface area contributed by atoms with Gasteiger partial charge in [-0.3, -0.25) is 9.36 Å². The fraction of sp³-hybridized carbons (Fsp3) is 0.0909. The predicted octanol–water partition coefficient (Wildman–Crippen LogP) is 1.39. The molecule has 7 heteroatoms. The van der Waals surface area contributed by atoms with E-state index in [-0.39, 0.29) is 18.3 Å². The van der Waals surface area contributed by atoms with Crippen LogP contribution >= 0.6 is 22.6 Å². The number of nitrogens with one attached hydrogen (secondary N) is 1. The molecule has 6 nitrogen and oxygen atoms in total. The lowest BCUT2D eigenvalue weighted by Crippen LogP contribution is -2.19.